The lowest BCUT2D eigenvalue weighted by Gasteiger charge is -2.37. The van der Waals surface area contributed by atoms with E-state index in [1.165, 1.54) is 12.8 Å². The van der Waals surface area contributed by atoms with Crippen LogP contribution in [0.15, 0.2) is 0 Å². The number of amides is 1. The number of hydrogen-bond acceptors (Lipinski definition) is 4. The van der Waals surface area contributed by atoms with Crippen LogP contribution < -0.4 is 5.32 Å². The van der Waals surface area contributed by atoms with Crippen LogP contribution >= 0.6 is 11.8 Å². The molecular formula is C12H21N3OS. The van der Waals surface area contributed by atoms with E-state index in [1.54, 1.807) is 0 Å². The molecule has 17 heavy (non-hydrogen) atoms. The van der Waals surface area contributed by atoms with E-state index in [4.69, 9.17) is 0 Å². The Morgan fingerprint density at radius 2 is 1.94 bits per heavy atom. The minimum absolute atomic E-state index is 0.0706. The fraction of sp³-hybridized carbons (Fsp3) is 0.917. The molecule has 0 spiro atoms. The highest BCUT2D eigenvalue weighted by atomic mass is 32.2. The minimum atomic E-state index is 0.0706. The maximum atomic E-state index is 12.3. The molecule has 96 valence electrons. The van der Waals surface area contributed by atoms with Crippen LogP contribution in [-0.4, -0.2) is 72.0 Å². The van der Waals surface area contributed by atoms with E-state index in [9.17, 15) is 4.79 Å². The Balaban J connectivity index is 1.49. The van der Waals surface area contributed by atoms with Gasteiger partial charge in [-0.05, 0) is 12.8 Å². The molecule has 0 bridgehead atoms. The highest BCUT2D eigenvalue weighted by Crippen LogP contribution is 2.27. The Kier molecular flexibility index (Phi) is 3.59. The van der Waals surface area contributed by atoms with Crippen LogP contribution in [0.1, 0.15) is 12.8 Å². The molecular weight excluding hydrogens is 234 g/mol. The monoisotopic (exact) mass is 255 g/mol. The molecule has 0 radical (unpaired) electrons. The van der Waals surface area contributed by atoms with Gasteiger partial charge in [0.2, 0.25) is 5.91 Å². The van der Waals surface area contributed by atoms with Gasteiger partial charge in [-0.3, -0.25) is 9.69 Å². The van der Waals surface area contributed by atoms with Gasteiger partial charge in [-0.2, -0.15) is 11.8 Å². The van der Waals surface area contributed by atoms with Crippen LogP contribution in [-0.2, 0) is 4.79 Å². The van der Waals surface area contributed by atoms with Crippen molar-refractivity contribution < 1.29 is 4.79 Å². The van der Waals surface area contributed by atoms with Gasteiger partial charge in [0.25, 0.3) is 0 Å². The molecule has 3 aliphatic rings. The Labute approximate surface area is 107 Å². The molecule has 2 saturated heterocycles. The highest BCUT2D eigenvalue weighted by molar-refractivity contribution is 7.99. The topological polar surface area (TPSA) is 35.6 Å². The third kappa shape index (κ3) is 2.77. The average molecular weight is 255 g/mol. The van der Waals surface area contributed by atoms with Crippen LogP contribution in [0, 0.1) is 0 Å². The second kappa shape index (κ2) is 5.16. The van der Waals surface area contributed by atoms with Crippen LogP contribution in [0.4, 0.5) is 0 Å². The van der Waals surface area contributed by atoms with E-state index < -0.39 is 0 Å². The largest absolute Gasteiger partial charge is 0.339 e. The summed E-state index contributed by atoms with van der Waals surface area (Å²) in [6.07, 6.45) is 2.74. The molecule has 2 aliphatic heterocycles. The molecule has 3 rings (SSSR count). The van der Waals surface area contributed by atoms with E-state index in [2.05, 4.69) is 15.1 Å². The first-order valence-corrected chi connectivity index (χ1v) is 7.84. The molecule has 0 aromatic rings. The molecule has 3 fully saturated rings. The molecule has 0 aromatic carbocycles. The van der Waals surface area contributed by atoms with Gasteiger partial charge < -0.3 is 10.2 Å². The summed E-state index contributed by atoms with van der Waals surface area (Å²) in [7, 11) is 0. The van der Waals surface area contributed by atoms with Crippen molar-refractivity contribution in [2.75, 3.05) is 44.2 Å². The third-order valence-corrected chi connectivity index (χ3v) is 4.97. The Morgan fingerprint density at radius 3 is 2.53 bits per heavy atom. The zero-order chi connectivity index (χ0) is 11.7. The maximum Gasteiger partial charge on any atom is 0.240 e. The van der Waals surface area contributed by atoms with Crippen molar-refractivity contribution in [3.63, 3.8) is 0 Å². The molecule has 1 unspecified atom stereocenters. The second-order valence-corrected chi connectivity index (χ2v) is 6.32. The number of nitrogens with zero attached hydrogens (tertiary/aromatic N) is 2. The number of nitrogens with one attached hydrogen (secondary N) is 1. The van der Waals surface area contributed by atoms with Gasteiger partial charge in [-0.25, -0.2) is 0 Å². The normalized spacial score (nSPS) is 31.5. The number of rotatable bonds is 2. The zero-order valence-corrected chi connectivity index (χ0v) is 11.0. The van der Waals surface area contributed by atoms with Gasteiger partial charge in [0.1, 0.15) is 0 Å². The van der Waals surface area contributed by atoms with Crippen molar-refractivity contribution in [1.29, 1.82) is 0 Å². The lowest BCUT2D eigenvalue weighted by Crippen LogP contribution is -2.56. The second-order valence-electron chi connectivity index (χ2n) is 5.17. The van der Waals surface area contributed by atoms with Crippen molar-refractivity contribution >= 4 is 17.7 Å². The first-order valence-electron chi connectivity index (χ1n) is 6.68. The molecule has 4 nitrogen and oxygen atoms in total. The van der Waals surface area contributed by atoms with Crippen LogP contribution in [0.25, 0.3) is 0 Å². The summed E-state index contributed by atoms with van der Waals surface area (Å²) in [5.74, 6) is 2.41. The fourth-order valence-electron chi connectivity index (χ4n) is 2.69. The first-order chi connectivity index (χ1) is 8.34. The van der Waals surface area contributed by atoms with Crippen molar-refractivity contribution in [3.8, 4) is 0 Å². The summed E-state index contributed by atoms with van der Waals surface area (Å²) in [6.45, 7) is 4.99. The third-order valence-electron chi connectivity index (χ3n) is 3.91. The summed E-state index contributed by atoms with van der Waals surface area (Å²) in [6, 6.07) is 0.914. The van der Waals surface area contributed by atoms with Crippen molar-refractivity contribution in [2.24, 2.45) is 0 Å². The maximum absolute atomic E-state index is 12.3. The predicted molar refractivity (Wildman–Crippen MR) is 70.3 cm³/mol. The highest BCUT2D eigenvalue weighted by Gasteiger charge is 2.34. The Morgan fingerprint density at radius 1 is 1.18 bits per heavy atom. The molecule has 1 aliphatic carbocycles. The molecule has 0 aromatic heterocycles. The molecule has 2 heterocycles. The molecule has 1 atom stereocenters. The fourth-order valence-corrected chi connectivity index (χ4v) is 3.62. The molecule has 1 N–H and O–H groups in total. The predicted octanol–water partition coefficient (Wildman–Crippen LogP) is -0.00200. The Hall–Kier alpha value is -0.260. The summed E-state index contributed by atoms with van der Waals surface area (Å²) in [5, 5.41) is 3.34. The van der Waals surface area contributed by atoms with Gasteiger partial charge in [0.15, 0.2) is 0 Å². The number of carbonyl (C=O) groups is 1. The molecule has 1 saturated carbocycles. The zero-order valence-electron chi connectivity index (χ0n) is 10.2. The van der Waals surface area contributed by atoms with Gasteiger partial charge in [0, 0.05) is 50.3 Å². The van der Waals surface area contributed by atoms with E-state index >= 15 is 0 Å². The van der Waals surface area contributed by atoms with Gasteiger partial charge in [0.05, 0.1) is 6.04 Å². The summed E-state index contributed by atoms with van der Waals surface area (Å²) in [4.78, 5) is 16.9. The van der Waals surface area contributed by atoms with Crippen LogP contribution in [0.5, 0.6) is 0 Å². The van der Waals surface area contributed by atoms with Crippen LogP contribution in [0.3, 0.4) is 0 Å². The number of carbonyl (C=O) groups excluding carboxylic acids is 1. The average Bonchev–Trinajstić information content (AvgIpc) is 3.24. The van der Waals surface area contributed by atoms with E-state index in [1.807, 2.05) is 11.8 Å². The van der Waals surface area contributed by atoms with E-state index in [0.717, 1.165) is 50.3 Å². The lowest BCUT2D eigenvalue weighted by molar-refractivity contribution is -0.134. The molecule has 5 heteroatoms. The van der Waals surface area contributed by atoms with E-state index in [-0.39, 0.29) is 6.04 Å². The minimum Gasteiger partial charge on any atom is -0.339 e. The van der Waals surface area contributed by atoms with Gasteiger partial charge >= 0.3 is 0 Å². The number of piperazine rings is 1. The smallest absolute Gasteiger partial charge is 0.240 e. The molecule has 1 amide bonds. The number of thioether (sulfide) groups is 1. The summed E-state index contributed by atoms with van der Waals surface area (Å²) >= 11 is 1.89. The quantitative estimate of drug-likeness (QED) is 0.753. The summed E-state index contributed by atoms with van der Waals surface area (Å²) < 4.78 is 0. The SMILES string of the molecule is O=C(C1CSCCN1)N1CCN(C2CC2)CC1. The number of hydrogen-bond donors (Lipinski definition) is 1. The van der Waals surface area contributed by atoms with Crippen molar-refractivity contribution in [3.05, 3.63) is 0 Å². The standard InChI is InChI=1S/C12H21N3OS/c16-12(11-9-17-8-3-13-11)15-6-4-14(5-7-15)10-1-2-10/h10-11,13H,1-9H2. The van der Waals surface area contributed by atoms with Gasteiger partial charge in [-0.1, -0.05) is 0 Å². The van der Waals surface area contributed by atoms with Crippen LogP contribution in [0.2, 0.25) is 0 Å². The van der Waals surface area contributed by atoms with E-state index in [0.29, 0.717) is 5.91 Å². The van der Waals surface area contributed by atoms with Crippen molar-refractivity contribution in [2.45, 2.75) is 24.9 Å². The Bertz CT molecular complexity index is 281. The first kappa shape index (κ1) is 11.8. The summed E-state index contributed by atoms with van der Waals surface area (Å²) in [5.41, 5.74) is 0. The van der Waals surface area contributed by atoms with Crippen molar-refractivity contribution in [1.82, 2.24) is 15.1 Å². The lowest BCUT2D eigenvalue weighted by atomic mass is 10.2. The van der Waals surface area contributed by atoms with Gasteiger partial charge in [-0.15, -0.1) is 0 Å².